The fraction of sp³-hybridized carbons (Fsp3) is 0.900. The van der Waals surface area contributed by atoms with Crippen LogP contribution in [0, 0.1) is 12.3 Å². The number of hydrogen-bond donors (Lipinski definition) is 0. The second-order valence-corrected chi connectivity index (χ2v) is 3.21. The lowest BCUT2D eigenvalue weighted by Crippen LogP contribution is -1.91. The molecule has 0 aliphatic heterocycles. The Hall–Kier alpha value is 0. The second kappa shape index (κ2) is 7.11. The van der Waals surface area contributed by atoms with Crippen LogP contribution in [0.2, 0.25) is 0 Å². The summed E-state index contributed by atoms with van der Waals surface area (Å²) in [6.07, 6.45) is 9.13. The van der Waals surface area contributed by atoms with Gasteiger partial charge in [-0.25, -0.2) is 0 Å². The highest BCUT2D eigenvalue weighted by Crippen LogP contribution is 2.12. The Morgan fingerprint density at radius 1 is 1.30 bits per heavy atom. The van der Waals surface area contributed by atoms with E-state index in [0.29, 0.717) is 0 Å². The molecule has 61 valence electrons. The Morgan fingerprint density at radius 3 is 2.50 bits per heavy atom. The van der Waals surface area contributed by atoms with Gasteiger partial charge in [-0.3, -0.25) is 0 Å². The maximum absolute atomic E-state index is 2.34. The van der Waals surface area contributed by atoms with E-state index in [1.807, 2.05) is 0 Å². The lowest BCUT2D eigenvalue weighted by atomic mass is 10.0. The van der Waals surface area contributed by atoms with Gasteiger partial charge in [0.05, 0.1) is 0 Å². The van der Waals surface area contributed by atoms with Crippen molar-refractivity contribution in [2.45, 2.75) is 52.9 Å². The van der Waals surface area contributed by atoms with Crippen LogP contribution in [0.3, 0.4) is 0 Å². The van der Waals surface area contributed by atoms with E-state index in [2.05, 4.69) is 27.2 Å². The summed E-state index contributed by atoms with van der Waals surface area (Å²) in [5.74, 6) is 0.942. The molecule has 0 aromatic carbocycles. The predicted octanol–water partition coefficient (Wildman–Crippen LogP) is 3.82. The van der Waals surface area contributed by atoms with Gasteiger partial charge in [-0.1, -0.05) is 52.9 Å². The van der Waals surface area contributed by atoms with Crippen LogP contribution >= 0.6 is 0 Å². The minimum atomic E-state index is 0.942. The van der Waals surface area contributed by atoms with Crippen molar-refractivity contribution >= 4 is 0 Å². The van der Waals surface area contributed by atoms with E-state index in [1.54, 1.807) is 0 Å². The monoisotopic (exact) mass is 141 g/mol. The van der Waals surface area contributed by atoms with Gasteiger partial charge in [0.25, 0.3) is 0 Å². The topological polar surface area (TPSA) is 0 Å². The van der Waals surface area contributed by atoms with E-state index in [1.165, 1.54) is 32.1 Å². The summed E-state index contributed by atoms with van der Waals surface area (Å²) in [5.41, 5.74) is 0. The van der Waals surface area contributed by atoms with Crippen LogP contribution in [0.15, 0.2) is 0 Å². The van der Waals surface area contributed by atoms with Gasteiger partial charge in [-0.05, 0) is 12.3 Å². The van der Waals surface area contributed by atoms with Gasteiger partial charge in [-0.15, -0.1) is 0 Å². The molecular formula is C10H21. The first-order chi connectivity index (χ1) is 4.81. The molecule has 0 amide bonds. The van der Waals surface area contributed by atoms with Crippen molar-refractivity contribution in [2.24, 2.45) is 5.92 Å². The normalized spacial score (nSPS) is 13.5. The molecule has 1 radical (unpaired) electrons. The minimum Gasteiger partial charge on any atom is -0.0651 e. The van der Waals surface area contributed by atoms with Crippen molar-refractivity contribution < 1.29 is 0 Å². The van der Waals surface area contributed by atoms with Crippen molar-refractivity contribution in [3.63, 3.8) is 0 Å². The van der Waals surface area contributed by atoms with Gasteiger partial charge in [0.15, 0.2) is 0 Å². The molecule has 0 N–H and O–H groups in total. The molecule has 0 heteroatoms. The van der Waals surface area contributed by atoms with Crippen molar-refractivity contribution in [3.05, 3.63) is 6.42 Å². The third kappa shape index (κ3) is 6.12. The molecule has 0 aromatic heterocycles. The molecule has 0 aliphatic carbocycles. The molecule has 0 spiro atoms. The molecule has 0 saturated carbocycles. The molecule has 0 aliphatic rings. The Kier molecular flexibility index (Phi) is 7.11. The predicted molar refractivity (Wildman–Crippen MR) is 47.9 cm³/mol. The summed E-state index contributed by atoms with van der Waals surface area (Å²) < 4.78 is 0. The SMILES string of the molecule is C[CH]CCCCC(C)CC. The first-order valence-corrected chi connectivity index (χ1v) is 4.59. The minimum absolute atomic E-state index is 0.942. The van der Waals surface area contributed by atoms with Crippen molar-refractivity contribution in [2.75, 3.05) is 0 Å². The summed E-state index contributed by atoms with van der Waals surface area (Å²) >= 11 is 0. The molecule has 0 rings (SSSR count). The number of rotatable bonds is 6. The third-order valence-corrected chi connectivity index (χ3v) is 2.14. The zero-order chi connectivity index (χ0) is 7.82. The highest BCUT2D eigenvalue weighted by atomic mass is 14.0. The van der Waals surface area contributed by atoms with E-state index in [9.17, 15) is 0 Å². The highest BCUT2D eigenvalue weighted by Gasteiger charge is 1.96. The lowest BCUT2D eigenvalue weighted by Gasteiger charge is -2.06. The molecule has 1 unspecified atom stereocenters. The molecule has 10 heavy (non-hydrogen) atoms. The second-order valence-electron chi connectivity index (χ2n) is 3.21. The van der Waals surface area contributed by atoms with Crippen molar-refractivity contribution in [3.8, 4) is 0 Å². The van der Waals surface area contributed by atoms with Gasteiger partial charge in [0, 0.05) is 0 Å². The van der Waals surface area contributed by atoms with E-state index in [-0.39, 0.29) is 0 Å². The number of hydrogen-bond acceptors (Lipinski definition) is 0. The van der Waals surface area contributed by atoms with Crippen LogP contribution in [0.5, 0.6) is 0 Å². The molecular weight excluding hydrogens is 120 g/mol. The molecule has 1 atom stereocenters. The fourth-order valence-corrected chi connectivity index (χ4v) is 1.05. The van der Waals surface area contributed by atoms with Crippen LogP contribution in [0.4, 0.5) is 0 Å². The summed E-state index contributed by atoms with van der Waals surface area (Å²) in [6.45, 7) is 6.76. The van der Waals surface area contributed by atoms with E-state index in [4.69, 9.17) is 0 Å². The third-order valence-electron chi connectivity index (χ3n) is 2.14. The summed E-state index contributed by atoms with van der Waals surface area (Å²) in [4.78, 5) is 0. The van der Waals surface area contributed by atoms with Crippen LogP contribution in [0.25, 0.3) is 0 Å². The average molecular weight is 141 g/mol. The Labute approximate surface area is 66.0 Å². The first kappa shape index (κ1) is 10.0. The molecule has 0 aromatic rings. The lowest BCUT2D eigenvalue weighted by molar-refractivity contribution is 0.484. The van der Waals surface area contributed by atoms with Gasteiger partial charge in [0.2, 0.25) is 0 Å². The van der Waals surface area contributed by atoms with E-state index < -0.39 is 0 Å². The fourth-order valence-electron chi connectivity index (χ4n) is 1.05. The molecule has 0 nitrogen and oxygen atoms in total. The zero-order valence-corrected chi connectivity index (χ0v) is 7.69. The van der Waals surface area contributed by atoms with Gasteiger partial charge in [-0.2, -0.15) is 0 Å². The highest BCUT2D eigenvalue weighted by molar-refractivity contribution is 4.57. The standard InChI is InChI=1S/C10H21/c1-4-6-7-8-9-10(3)5-2/h4,10H,5-9H2,1-3H3. The van der Waals surface area contributed by atoms with Crippen molar-refractivity contribution in [1.82, 2.24) is 0 Å². The van der Waals surface area contributed by atoms with Crippen LogP contribution < -0.4 is 0 Å². The maximum Gasteiger partial charge on any atom is -0.0417 e. The van der Waals surface area contributed by atoms with Gasteiger partial charge in [0.1, 0.15) is 0 Å². The Balaban J connectivity index is 2.89. The van der Waals surface area contributed by atoms with Gasteiger partial charge >= 0.3 is 0 Å². The Morgan fingerprint density at radius 2 is 2.00 bits per heavy atom. The van der Waals surface area contributed by atoms with Crippen LogP contribution in [-0.2, 0) is 0 Å². The Bertz CT molecular complexity index is 57.1. The first-order valence-electron chi connectivity index (χ1n) is 4.59. The maximum atomic E-state index is 2.34. The van der Waals surface area contributed by atoms with E-state index >= 15 is 0 Å². The number of unbranched alkanes of at least 4 members (excludes halogenated alkanes) is 3. The van der Waals surface area contributed by atoms with Crippen molar-refractivity contribution in [1.29, 1.82) is 0 Å². The molecule has 0 bridgehead atoms. The smallest absolute Gasteiger partial charge is 0.0417 e. The summed E-state index contributed by atoms with van der Waals surface area (Å²) in [7, 11) is 0. The molecule has 0 fully saturated rings. The molecule has 0 heterocycles. The quantitative estimate of drug-likeness (QED) is 0.493. The summed E-state index contributed by atoms with van der Waals surface area (Å²) in [5, 5.41) is 0. The van der Waals surface area contributed by atoms with E-state index in [0.717, 1.165) is 5.92 Å². The van der Waals surface area contributed by atoms with Gasteiger partial charge < -0.3 is 0 Å². The molecule has 0 saturated heterocycles. The van der Waals surface area contributed by atoms with Crippen LogP contribution in [0.1, 0.15) is 52.9 Å². The average Bonchev–Trinajstić information content (AvgIpc) is 1.98. The van der Waals surface area contributed by atoms with Crippen LogP contribution in [-0.4, -0.2) is 0 Å². The summed E-state index contributed by atoms with van der Waals surface area (Å²) in [6, 6.07) is 0. The largest absolute Gasteiger partial charge is 0.0651 e. The zero-order valence-electron chi connectivity index (χ0n) is 7.69.